The molecule has 0 amide bonds. The van der Waals surface area contributed by atoms with Crippen molar-refractivity contribution in [2.24, 2.45) is 0 Å². The highest BCUT2D eigenvalue weighted by Gasteiger charge is 2.19. The van der Waals surface area contributed by atoms with Gasteiger partial charge in [-0.1, -0.05) is 66.7 Å². The molecule has 0 radical (unpaired) electrons. The second-order valence-corrected chi connectivity index (χ2v) is 7.98. The minimum atomic E-state index is -1.29. The summed E-state index contributed by atoms with van der Waals surface area (Å²) in [4.78, 5) is 36.7. The molecule has 0 bridgehead atoms. The number of rotatable bonds is 7. The number of carboxylic acid groups (broad SMARTS) is 1. The smallest absolute Gasteiger partial charge is 0.343 e. The number of anilines is 2. The van der Waals surface area contributed by atoms with Crippen LogP contribution in [-0.2, 0) is 4.79 Å². The Labute approximate surface area is 207 Å². The molecule has 4 aromatic carbocycles. The van der Waals surface area contributed by atoms with Crippen LogP contribution in [0.25, 0.3) is 17.2 Å². The van der Waals surface area contributed by atoms with E-state index in [4.69, 9.17) is 16.2 Å². The number of carbonyl (C=O) groups excluding carboxylic acids is 2. The fraction of sp³-hybridized carbons (Fsp3) is 0. The van der Waals surface area contributed by atoms with Crippen LogP contribution in [0.5, 0.6) is 5.75 Å². The minimum Gasteiger partial charge on any atom is -0.478 e. The first kappa shape index (κ1) is 24.0. The van der Waals surface area contributed by atoms with E-state index >= 15 is 0 Å². The van der Waals surface area contributed by atoms with E-state index in [1.54, 1.807) is 72.8 Å². The third kappa shape index (κ3) is 5.66. The predicted octanol–water partition coefficient (Wildman–Crippen LogP) is 5.09. The Morgan fingerprint density at radius 3 is 1.81 bits per heavy atom. The molecular weight excluding hydrogens is 456 g/mol. The maximum Gasteiger partial charge on any atom is 0.343 e. The van der Waals surface area contributed by atoms with Gasteiger partial charge in [-0.15, -0.1) is 0 Å². The average molecular weight is 479 g/mol. The predicted molar refractivity (Wildman–Crippen MR) is 138 cm³/mol. The van der Waals surface area contributed by atoms with Crippen molar-refractivity contribution < 1.29 is 24.2 Å². The van der Waals surface area contributed by atoms with E-state index in [1.807, 2.05) is 12.1 Å². The number of nitrogen functional groups attached to an aromatic ring is 2. The van der Waals surface area contributed by atoms with Crippen molar-refractivity contribution in [3.63, 3.8) is 0 Å². The van der Waals surface area contributed by atoms with E-state index in [0.717, 1.165) is 11.1 Å². The van der Waals surface area contributed by atoms with Crippen LogP contribution in [0.3, 0.4) is 0 Å². The van der Waals surface area contributed by atoms with Crippen LogP contribution in [0.4, 0.5) is 11.4 Å². The first-order chi connectivity index (χ1) is 17.3. The Bertz CT molecular complexity index is 1440. The fourth-order valence-corrected chi connectivity index (χ4v) is 3.58. The summed E-state index contributed by atoms with van der Waals surface area (Å²) in [6, 6.07) is 26.8. The molecule has 0 unspecified atom stereocenters. The van der Waals surface area contributed by atoms with Gasteiger partial charge in [0.2, 0.25) is 0 Å². The fourth-order valence-electron chi connectivity index (χ4n) is 3.58. The van der Waals surface area contributed by atoms with Gasteiger partial charge in [0.1, 0.15) is 11.3 Å². The van der Waals surface area contributed by atoms with E-state index in [9.17, 15) is 19.5 Å². The van der Waals surface area contributed by atoms with Crippen LogP contribution >= 0.6 is 0 Å². The number of ether oxygens (including phenoxy) is 1. The van der Waals surface area contributed by atoms with Gasteiger partial charge in [-0.05, 0) is 53.1 Å². The highest BCUT2D eigenvalue weighted by atomic mass is 16.5. The summed E-state index contributed by atoms with van der Waals surface area (Å²) >= 11 is 0. The lowest BCUT2D eigenvalue weighted by molar-refractivity contribution is -0.132. The van der Waals surface area contributed by atoms with Crippen LogP contribution in [-0.4, -0.2) is 22.8 Å². The molecular formula is C29H22N2O5. The number of benzene rings is 4. The Balaban J connectivity index is 1.49. The van der Waals surface area contributed by atoms with Gasteiger partial charge in [-0.3, -0.25) is 4.79 Å². The summed E-state index contributed by atoms with van der Waals surface area (Å²) in [5.41, 5.74) is 14.7. The number of nitrogens with two attached hydrogens (primary N) is 2. The molecule has 0 heterocycles. The van der Waals surface area contributed by atoms with Gasteiger partial charge in [0, 0.05) is 16.9 Å². The molecule has 4 aromatic rings. The topological polar surface area (TPSA) is 133 Å². The molecule has 4 rings (SSSR count). The monoisotopic (exact) mass is 478 g/mol. The zero-order chi connectivity index (χ0) is 25.7. The number of hydrogen-bond acceptors (Lipinski definition) is 6. The maximum absolute atomic E-state index is 12.6. The van der Waals surface area contributed by atoms with Crippen LogP contribution in [0.1, 0.15) is 26.3 Å². The molecule has 0 aromatic heterocycles. The summed E-state index contributed by atoms with van der Waals surface area (Å²) in [7, 11) is 0. The van der Waals surface area contributed by atoms with Gasteiger partial charge in [0.15, 0.2) is 5.78 Å². The first-order valence-electron chi connectivity index (χ1n) is 10.9. The van der Waals surface area contributed by atoms with E-state index in [0.29, 0.717) is 28.3 Å². The summed E-state index contributed by atoms with van der Waals surface area (Å²) in [6.07, 6.45) is 1.35. The number of esters is 1. The van der Waals surface area contributed by atoms with Gasteiger partial charge >= 0.3 is 11.9 Å². The van der Waals surface area contributed by atoms with Gasteiger partial charge in [0.05, 0.1) is 5.56 Å². The summed E-state index contributed by atoms with van der Waals surface area (Å²) in [5, 5.41) is 9.55. The quantitative estimate of drug-likeness (QED) is 0.0641. The van der Waals surface area contributed by atoms with Crippen molar-refractivity contribution in [3.05, 3.63) is 119 Å². The minimum absolute atomic E-state index is 0.256. The summed E-state index contributed by atoms with van der Waals surface area (Å²) in [6.45, 7) is 0. The molecule has 0 aliphatic heterocycles. The average Bonchev–Trinajstić information content (AvgIpc) is 2.87. The summed E-state index contributed by atoms with van der Waals surface area (Å²) in [5.74, 6) is -2.07. The zero-order valence-corrected chi connectivity index (χ0v) is 19.0. The molecule has 7 nitrogen and oxygen atoms in total. The third-order valence-electron chi connectivity index (χ3n) is 5.34. The molecule has 0 saturated heterocycles. The van der Waals surface area contributed by atoms with Crippen molar-refractivity contribution in [1.29, 1.82) is 0 Å². The molecule has 5 N–H and O–H groups in total. The maximum atomic E-state index is 12.6. The van der Waals surface area contributed by atoms with E-state index in [2.05, 4.69) is 0 Å². The Morgan fingerprint density at radius 1 is 0.694 bits per heavy atom. The largest absolute Gasteiger partial charge is 0.478 e. The second kappa shape index (κ2) is 10.4. The Kier molecular flexibility index (Phi) is 6.92. The first-order valence-corrected chi connectivity index (χ1v) is 10.9. The van der Waals surface area contributed by atoms with Gasteiger partial charge in [0.25, 0.3) is 0 Å². The van der Waals surface area contributed by atoms with Crippen molar-refractivity contribution >= 4 is 35.2 Å². The number of hydrogen-bond donors (Lipinski definition) is 3. The number of aliphatic carboxylic acids is 1. The molecule has 36 heavy (non-hydrogen) atoms. The van der Waals surface area contributed by atoms with Gasteiger partial charge in [-0.2, -0.15) is 0 Å². The highest BCUT2D eigenvalue weighted by molar-refractivity contribution is 6.26. The number of carbonyl (C=O) groups is 3. The number of Topliss-reactive ketones (excluding diaryl/α,β-unsaturated/α-hetero) is 1. The van der Waals surface area contributed by atoms with Gasteiger partial charge < -0.3 is 21.3 Å². The zero-order valence-electron chi connectivity index (χ0n) is 19.0. The van der Waals surface area contributed by atoms with Crippen LogP contribution < -0.4 is 16.2 Å². The van der Waals surface area contributed by atoms with E-state index in [1.165, 1.54) is 18.2 Å². The lowest BCUT2D eigenvalue weighted by Gasteiger charge is -2.08. The summed E-state index contributed by atoms with van der Waals surface area (Å²) < 4.78 is 5.40. The highest BCUT2D eigenvalue weighted by Crippen LogP contribution is 2.25. The van der Waals surface area contributed by atoms with Crippen LogP contribution in [0.15, 0.2) is 103 Å². The van der Waals surface area contributed by atoms with Crippen LogP contribution in [0, 0.1) is 0 Å². The lowest BCUT2D eigenvalue weighted by Crippen LogP contribution is -2.12. The van der Waals surface area contributed by atoms with Crippen molar-refractivity contribution in [3.8, 4) is 16.9 Å². The molecule has 7 heteroatoms. The number of carboxylic acids is 1. The lowest BCUT2D eigenvalue weighted by atomic mass is 9.99. The Morgan fingerprint density at radius 2 is 1.25 bits per heavy atom. The van der Waals surface area contributed by atoms with E-state index in [-0.39, 0.29) is 11.1 Å². The van der Waals surface area contributed by atoms with E-state index < -0.39 is 17.7 Å². The normalized spacial score (nSPS) is 11.1. The van der Waals surface area contributed by atoms with Crippen molar-refractivity contribution in [1.82, 2.24) is 0 Å². The Hall–Kier alpha value is -5.17. The number of ketones is 1. The molecule has 0 atom stereocenters. The van der Waals surface area contributed by atoms with Crippen molar-refractivity contribution in [2.75, 3.05) is 11.5 Å². The molecule has 0 fully saturated rings. The molecule has 0 aliphatic carbocycles. The molecule has 0 aliphatic rings. The molecule has 178 valence electrons. The van der Waals surface area contributed by atoms with Crippen molar-refractivity contribution in [2.45, 2.75) is 0 Å². The van der Waals surface area contributed by atoms with Gasteiger partial charge in [-0.25, -0.2) is 9.59 Å². The molecule has 0 saturated carbocycles. The molecule has 0 spiro atoms. The second-order valence-electron chi connectivity index (χ2n) is 7.98. The SMILES string of the molecule is Nc1cc(N)cc(C(=O)Oc2ccc(-c3ccc(C=C(C(=O)O)C(=O)c4ccccc4)cc3)cc2)c1. The standard InChI is InChI=1S/C29H22N2O5/c30-23-15-22(16-24(31)17-23)29(35)36-25-12-10-20(11-13-25)19-8-6-18(7-9-19)14-26(28(33)34)27(32)21-4-2-1-3-5-21/h1-17H,30-31H2,(H,33,34). The van der Waals surface area contributed by atoms with Crippen LogP contribution in [0.2, 0.25) is 0 Å². The third-order valence-corrected chi connectivity index (χ3v) is 5.34.